The summed E-state index contributed by atoms with van der Waals surface area (Å²) in [5.74, 6) is 0.697. The van der Waals surface area contributed by atoms with Crippen molar-refractivity contribution >= 4 is 0 Å². The number of hydrogen-bond acceptors (Lipinski definition) is 3. The lowest BCUT2D eigenvalue weighted by Gasteiger charge is -2.30. The molecule has 1 unspecified atom stereocenters. The van der Waals surface area contributed by atoms with Crippen LogP contribution in [-0.4, -0.2) is 44.2 Å². The third kappa shape index (κ3) is 3.09. The minimum absolute atomic E-state index is 0.697. The molecule has 0 saturated carbocycles. The zero-order chi connectivity index (χ0) is 8.81. The van der Waals surface area contributed by atoms with Crippen molar-refractivity contribution in [1.82, 2.24) is 10.2 Å². The van der Waals surface area contributed by atoms with E-state index in [0.717, 1.165) is 19.6 Å². The molecule has 1 aliphatic heterocycles. The molecule has 3 N–H and O–H groups in total. The molecule has 72 valence electrons. The van der Waals surface area contributed by atoms with Crippen molar-refractivity contribution in [3.05, 3.63) is 0 Å². The van der Waals surface area contributed by atoms with Gasteiger partial charge in [-0.15, -0.1) is 0 Å². The summed E-state index contributed by atoms with van der Waals surface area (Å²) in [6.07, 6.45) is 1.21. The van der Waals surface area contributed by atoms with Crippen molar-refractivity contribution in [1.29, 1.82) is 0 Å². The van der Waals surface area contributed by atoms with E-state index in [4.69, 9.17) is 5.73 Å². The highest BCUT2D eigenvalue weighted by Gasteiger charge is 2.13. The molecule has 0 amide bonds. The first kappa shape index (κ1) is 9.96. The number of piperazine rings is 1. The Morgan fingerprint density at radius 3 is 2.58 bits per heavy atom. The third-order valence-electron chi connectivity index (χ3n) is 2.64. The molecule has 0 spiro atoms. The van der Waals surface area contributed by atoms with E-state index in [-0.39, 0.29) is 0 Å². The highest BCUT2D eigenvalue weighted by Crippen LogP contribution is 2.04. The average molecular weight is 171 g/mol. The van der Waals surface area contributed by atoms with Gasteiger partial charge in [0.15, 0.2) is 0 Å². The fraction of sp³-hybridized carbons (Fsp3) is 1.00. The van der Waals surface area contributed by atoms with Gasteiger partial charge in [-0.05, 0) is 12.5 Å². The predicted octanol–water partition coefficient (Wildman–Crippen LogP) is -0.123. The molecule has 0 aliphatic carbocycles. The molecule has 0 aromatic rings. The summed E-state index contributed by atoms with van der Waals surface area (Å²) in [5, 5.41) is 3.35. The molecule has 1 saturated heterocycles. The molecular weight excluding hydrogens is 150 g/mol. The van der Waals surface area contributed by atoms with Crippen LogP contribution in [0.3, 0.4) is 0 Å². The van der Waals surface area contributed by atoms with Crippen LogP contribution in [0.1, 0.15) is 13.3 Å². The lowest BCUT2D eigenvalue weighted by atomic mass is 10.1. The van der Waals surface area contributed by atoms with Crippen molar-refractivity contribution in [2.75, 3.05) is 39.3 Å². The molecule has 1 atom stereocenters. The van der Waals surface area contributed by atoms with Crippen LogP contribution in [0, 0.1) is 5.92 Å². The molecule has 1 rings (SSSR count). The van der Waals surface area contributed by atoms with Gasteiger partial charge < -0.3 is 16.0 Å². The summed E-state index contributed by atoms with van der Waals surface area (Å²) in [5.41, 5.74) is 5.66. The number of hydrogen-bond donors (Lipinski definition) is 2. The van der Waals surface area contributed by atoms with E-state index < -0.39 is 0 Å². The van der Waals surface area contributed by atoms with Crippen molar-refractivity contribution in [3.8, 4) is 0 Å². The Bertz CT molecular complexity index is 106. The van der Waals surface area contributed by atoms with Gasteiger partial charge in [-0.3, -0.25) is 0 Å². The highest BCUT2D eigenvalue weighted by atomic mass is 15.2. The fourth-order valence-electron chi connectivity index (χ4n) is 1.63. The molecule has 12 heavy (non-hydrogen) atoms. The standard InChI is InChI=1S/C9H21N3/c1-2-9(7-10)8-12-5-3-11-4-6-12/h9,11H,2-8,10H2,1H3. The number of rotatable bonds is 4. The minimum Gasteiger partial charge on any atom is -0.330 e. The second kappa shape index (κ2) is 5.51. The van der Waals surface area contributed by atoms with Gasteiger partial charge in [0.25, 0.3) is 0 Å². The molecule has 3 heteroatoms. The molecule has 1 heterocycles. The monoisotopic (exact) mass is 171 g/mol. The zero-order valence-corrected chi connectivity index (χ0v) is 8.05. The van der Waals surface area contributed by atoms with Crippen molar-refractivity contribution in [3.63, 3.8) is 0 Å². The van der Waals surface area contributed by atoms with Gasteiger partial charge in [0.1, 0.15) is 0 Å². The first-order chi connectivity index (χ1) is 5.86. The van der Waals surface area contributed by atoms with Crippen LogP contribution in [0.15, 0.2) is 0 Å². The van der Waals surface area contributed by atoms with E-state index in [1.165, 1.54) is 26.1 Å². The van der Waals surface area contributed by atoms with Crippen LogP contribution in [-0.2, 0) is 0 Å². The van der Waals surface area contributed by atoms with E-state index in [1.54, 1.807) is 0 Å². The normalized spacial score (nSPS) is 22.5. The van der Waals surface area contributed by atoms with E-state index >= 15 is 0 Å². The Balaban J connectivity index is 2.18. The summed E-state index contributed by atoms with van der Waals surface area (Å²) in [7, 11) is 0. The molecule has 0 aromatic carbocycles. The van der Waals surface area contributed by atoms with Crippen LogP contribution in [0.2, 0.25) is 0 Å². The topological polar surface area (TPSA) is 41.3 Å². The van der Waals surface area contributed by atoms with Gasteiger partial charge in [-0.25, -0.2) is 0 Å². The molecule has 0 aromatic heterocycles. The maximum absolute atomic E-state index is 5.66. The predicted molar refractivity (Wildman–Crippen MR) is 52.1 cm³/mol. The number of nitrogens with one attached hydrogen (secondary N) is 1. The van der Waals surface area contributed by atoms with Crippen LogP contribution in [0.25, 0.3) is 0 Å². The molecule has 0 bridgehead atoms. The SMILES string of the molecule is CCC(CN)CN1CCNCC1. The van der Waals surface area contributed by atoms with Crippen LogP contribution in [0.4, 0.5) is 0 Å². The molecule has 0 radical (unpaired) electrons. The van der Waals surface area contributed by atoms with Gasteiger partial charge in [-0.2, -0.15) is 0 Å². The summed E-state index contributed by atoms with van der Waals surface area (Å²) in [4.78, 5) is 2.51. The van der Waals surface area contributed by atoms with Gasteiger partial charge in [-0.1, -0.05) is 13.3 Å². The summed E-state index contributed by atoms with van der Waals surface area (Å²) >= 11 is 0. The Kier molecular flexibility index (Phi) is 4.58. The summed E-state index contributed by atoms with van der Waals surface area (Å²) in [6.45, 7) is 8.91. The third-order valence-corrected chi connectivity index (χ3v) is 2.64. The van der Waals surface area contributed by atoms with Gasteiger partial charge in [0.2, 0.25) is 0 Å². The van der Waals surface area contributed by atoms with Crippen LogP contribution in [0.5, 0.6) is 0 Å². The second-order valence-corrected chi connectivity index (χ2v) is 3.56. The minimum atomic E-state index is 0.697. The van der Waals surface area contributed by atoms with Crippen molar-refractivity contribution in [2.24, 2.45) is 11.7 Å². The first-order valence-electron chi connectivity index (χ1n) is 5.00. The highest BCUT2D eigenvalue weighted by molar-refractivity contribution is 4.71. The summed E-state index contributed by atoms with van der Waals surface area (Å²) < 4.78 is 0. The number of nitrogens with zero attached hydrogens (tertiary/aromatic N) is 1. The van der Waals surface area contributed by atoms with Crippen molar-refractivity contribution in [2.45, 2.75) is 13.3 Å². The molecule has 3 nitrogen and oxygen atoms in total. The van der Waals surface area contributed by atoms with Gasteiger partial charge in [0.05, 0.1) is 0 Å². The smallest absolute Gasteiger partial charge is 0.0107 e. The Hall–Kier alpha value is -0.120. The molecule has 1 fully saturated rings. The van der Waals surface area contributed by atoms with E-state index in [2.05, 4.69) is 17.1 Å². The molecular formula is C9H21N3. The summed E-state index contributed by atoms with van der Waals surface area (Å²) in [6, 6.07) is 0. The first-order valence-corrected chi connectivity index (χ1v) is 5.00. The molecule has 1 aliphatic rings. The fourth-order valence-corrected chi connectivity index (χ4v) is 1.63. The Morgan fingerprint density at radius 1 is 1.42 bits per heavy atom. The Morgan fingerprint density at radius 2 is 2.08 bits per heavy atom. The van der Waals surface area contributed by atoms with E-state index in [1.807, 2.05) is 0 Å². The maximum Gasteiger partial charge on any atom is 0.0107 e. The van der Waals surface area contributed by atoms with Gasteiger partial charge in [0, 0.05) is 32.7 Å². The van der Waals surface area contributed by atoms with Crippen LogP contribution >= 0.6 is 0 Å². The lowest BCUT2D eigenvalue weighted by Crippen LogP contribution is -2.46. The lowest BCUT2D eigenvalue weighted by molar-refractivity contribution is 0.205. The van der Waals surface area contributed by atoms with E-state index in [9.17, 15) is 0 Å². The zero-order valence-electron chi connectivity index (χ0n) is 8.05. The van der Waals surface area contributed by atoms with E-state index in [0.29, 0.717) is 5.92 Å². The number of nitrogens with two attached hydrogens (primary N) is 1. The Labute approximate surface area is 75.3 Å². The largest absolute Gasteiger partial charge is 0.330 e. The van der Waals surface area contributed by atoms with Crippen LogP contribution < -0.4 is 11.1 Å². The average Bonchev–Trinajstić information content (AvgIpc) is 2.16. The second-order valence-electron chi connectivity index (χ2n) is 3.56. The quantitative estimate of drug-likeness (QED) is 0.619. The maximum atomic E-state index is 5.66. The van der Waals surface area contributed by atoms with Gasteiger partial charge >= 0.3 is 0 Å². The van der Waals surface area contributed by atoms with Crippen molar-refractivity contribution < 1.29 is 0 Å².